The average Bonchev–Trinajstić information content (AvgIpc) is 3.20. The molecule has 150 valence electrons. The van der Waals surface area contributed by atoms with Crippen molar-refractivity contribution in [3.63, 3.8) is 0 Å². The zero-order valence-corrected chi connectivity index (χ0v) is 17.2. The lowest BCUT2D eigenvalue weighted by Crippen LogP contribution is -2.02. The zero-order chi connectivity index (χ0) is 20.2. The van der Waals surface area contributed by atoms with Crippen molar-refractivity contribution in [3.8, 4) is 23.0 Å². The second-order valence-corrected chi connectivity index (χ2v) is 7.29. The topological polar surface area (TPSA) is 49.0 Å². The molecule has 1 aliphatic rings. The molecule has 4 rings (SSSR count). The highest BCUT2D eigenvalue weighted by atomic mass is 35.5. The smallest absolute Gasteiger partial charge is 0.231 e. The minimum Gasteiger partial charge on any atom is -0.493 e. The van der Waals surface area contributed by atoms with Gasteiger partial charge in [0, 0.05) is 23.3 Å². The van der Waals surface area contributed by atoms with E-state index in [1.807, 2.05) is 54.6 Å². The van der Waals surface area contributed by atoms with Gasteiger partial charge in [-0.3, -0.25) is 0 Å². The first-order chi connectivity index (χ1) is 14.1. The van der Waals surface area contributed by atoms with Crippen molar-refractivity contribution >= 4 is 28.9 Å². The number of hydrogen-bond donors (Lipinski definition) is 1. The monoisotopic (exact) mass is 431 g/mol. The van der Waals surface area contributed by atoms with Gasteiger partial charge in [0.05, 0.1) is 12.1 Å². The molecule has 0 saturated carbocycles. The minimum atomic E-state index is 0.253. The van der Waals surface area contributed by atoms with Gasteiger partial charge in [-0.25, -0.2) is 0 Å². The summed E-state index contributed by atoms with van der Waals surface area (Å²) in [5.41, 5.74) is 2.87. The Morgan fingerprint density at radius 3 is 2.52 bits per heavy atom. The van der Waals surface area contributed by atoms with Crippen LogP contribution in [0.1, 0.15) is 11.1 Å². The Bertz CT molecular complexity index is 1010. The highest BCUT2D eigenvalue weighted by Crippen LogP contribution is 2.38. The van der Waals surface area contributed by atoms with Crippen molar-refractivity contribution in [2.24, 2.45) is 0 Å². The maximum Gasteiger partial charge on any atom is 0.231 e. The lowest BCUT2D eigenvalue weighted by molar-refractivity contribution is 0.174. The quantitative estimate of drug-likeness (QED) is 0.502. The SMILES string of the molecule is COc1cc(CNc2ccc3c(c2)OCO3)cc(Cl)c1OCc1ccc(Cl)cc1. The van der Waals surface area contributed by atoms with Gasteiger partial charge in [-0.2, -0.15) is 0 Å². The summed E-state index contributed by atoms with van der Waals surface area (Å²) in [6, 6.07) is 17.0. The fourth-order valence-corrected chi connectivity index (χ4v) is 3.38. The second kappa shape index (κ2) is 8.72. The summed E-state index contributed by atoms with van der Waals surface area (Å²) in [5, 5.41) is 4.52. The van der Waals surface area contributed by atoms with E-state index in [1.165, 1.54) is 0 Å². The summed E-state index contributed by atoms with van der Waals surface area (Å²) in [7, 11) is 1.59. The Hall–Kier alpha value is -2.76. The predicted octanol–water partition coefficient (Wildman–Crippen LogP) is 5.92. The number of fused-ring (bicyclic) bond motifs is 1. The van der Waals surface area contributed by atoms with E-state index in [0.717, 1.165) is 28.3 Å². The molecule has 29 heavy (non-hydrogen) atoms. The number of methoxy groups -OCH3 is 1. The zero-order valence-electron chi connectivity index (χ0n) is 15.7. The van der Waals surface area contributed by atoms with E-state index in [1.54, 1.807) is 7.11 Å². The summed E-state index contributed by atoms with van der Waals surface area (Å²) < 4.78 is 22.1. The van der Waals surface area contributed by atoms with Gasteiger partial charge in [0.1, 0.15) is 6.61 Å². The van der Waals surface area contributed by atoms with Crippen molar-refractivity contribution in [1.82, 2.24) is 0 Å². The summed E-state index contributed by atoms with van der Waals surface area (Å²) >= 11 is 12.4. The van der Waals surface area contributed by atoms with E-state index in [4.69, 9.17) is 42.1 Å². The van der Waals surface area contributed by atoms with Crippen LogP contribution in [0.25, 0.3) is 0 Å². The standard InChI is InChI=1S/C22H19Cl2NO4/c1-26-21-9-15(11-25-17-6-7-19-20(10-17)29-13-28-19)8-18(24)22(21)27-12-14-2-4-16(23)5-3-14/h2-10,25H,11-13H2,1H3. The van der Waals surface area contributed by atoms with E-state index >= 15 is 0 Å². The highest BCUT2D eigenvalue weighted by Gasteiger charge is 2.15. The molecule has 0 radical (unpaired) electrons. The van der Waals surface area contributed by atoms with Gasteiger partial charge >= 0.3 is 0 Å². The van der Waals surface area contributed by atoms with Crippen LogP contribution in [0.5, 0.6) is 23.0 Å². The summed E-state index contributed by atoms with van der Waals surface area (Å²) in [6.45, 7) is 1.18. The Balaban J connectivity index is 1.44. The van der Waals surface area contributed by atoms with Gasteiger partial charge in [0.2, 0.25) is 6.79 Å². The van der Waals surface area contributed by atoms with Crippen molar-refractivity contribution in [2.75, 3.05) is 19.2 Å². The first-order valence-corrected chi connectivity index (χ1v) is 9.75. The number of nitrogens with one attached hydrogen (secondary N) is 1. The van der Waals surface area contributed by atoms with Crippen LogP contribution in [-0.2, 0) is 13.2 Å². The number of benzene rings is 3. The molecule has 0 aliphatic carbocycles. The van der Waals surface area contributed by atoms with E-state index in [0.29, 0.717) is 34.7 Å². The average molecular weight is 432 g/mol. The molecule has 3 aromatic carbocycles. The molecule has 0 unspecified atom stereocenters. The van der Waals surface area contributed by atoms with Crippen molar-refractivity contribution in [3.05, 3.63) is 75.8 Å². The Kier molecular flexibility index (Phi) is 5.88. The van der Waals surface area contributed by atoms with E-state index in [2.05, 4.69) is 5.32 Å². The van der Waals surface area contributed by atoms with Crippen molar-refractivity contribution < 1.29 is 18.9 Å². The van der Waals surface area contributed by atoms with Gasteiger partial charge in [-0.05, 0) is 47.5 Å². The maximum atomic E-state index is 6.47. The minimum absolute atomic E-state index is 0.253. The van der Waals surface area contributed by atoms with E-state index in [9.17, 15) is 0 Å². The lowest BCUT2D eigenvalue weighted by atomic mass is 10.2. The van der Waals surface area contributed by atoms with Crippen LogP contribution < -0.4 is 24.3 Å². The molecule has 0 atom stereocenters. The fraction of sp³-hybridized carbons (Fsp3) is 0.182. The van der Waals surface area contributed by atoms with Crippen LogP contribution in [0.3, 0.4) is 0 Å². The molecule has 3 aromatic rings. The molecule has 1 N–H and O–H groups in total. The highest BCUT2D eigenvalue weighted by molar-refractivity contribution is 6.32. The van der Waals surface area contributed by atoms with Crippen molar-refractivity contribution in [2.45, 2.75) is 13.2 Å². The molecular formula is C22H19Cl2NO4. The van der Waals surface area contributed by atoms with Crippen LogP contribution in [0.4, 0.5) is 5.69 Å². The summed E-state index contributed by atoms with van der Waals surface area (Å²) in [4.78, 5) is 0. The second-order valence-electron chi connectivity index (χ2n) is 6.45. The van der Waals surface area contributed by atoms with E-state index in [-0.39, 0.29) is 6.79 Å². The Labute approximate surface area is 179 Å². The molecule has 1 aliphatic heterocycles. The molecule has 5 nitrogen and oxygen atoms in total. The maximum absolute atomic E-state index is 6.47. The predicted molar refractivity (Wildman–Crippen MR) is 114 cm³/mol. The lowest BCUT2D eigenvalue weighted by Gasteiger charge is -2.15. The van der Waals surface area contributed by atoms with Crippen LogP contribution in [0, 0.1) is 0 Å². The molecule has 1 heterocycles. The molecule has 0 amide bonds. The Morgan fingerprint density at radius 2 is 1.72 bits per heavy atom. The van der Waals surface area contributed by atoms with Gasteiger partial charge in [-0.15, -0.1) is 0 Å². The summed E-state index contributed by atoms with van der Waals surface area (Å²) in [5.74, 6) is 2.57. The van der Waals surface area contributed by atoms with Gasteiger partial charge in [0.15, 0.2) is 23.0 Å². The third-order valence-electron chi connectivity index (χ3n) is 4.45. The Morgan fingerprint density at radius 1 is 0.931 bits per heavy atom. The molecule has 7 heteroatoms. The van der Waals surface area contributed by atoms with Crippen LogP contribution in [-0.4, -0.2) is 13.9 Å². The van der Waals surface area contributed by atoms with Crippen molar-refractivity contribution in [1.29, 1.82) is 0 Å². The van der Waals surface area contributed by atoms with Gasteiger partial charge in [0.25, 0.3) is 0 Å². The number of halogens is 2. The van der Waals surface area contributed by atoms with Crippen LogP contribution in [0.15, 0.2) is 54.6 Å². The number of ether oxygens (including phenoxy) is 4. The molecular weight excluding hydrogens is 413 g/mol. The van der Waals surface area contributed by atoms with Crippen LogP contribution in [0.2, 0.25) is 10.0 Å². The van der Waals surface area contributed by atoms with Crippen LogP contribution >= 0.6 is 23.2 Å². The molecule has 0 bridgehead atoms. The number of rotatable bonds is 7. The molecule has 0 fully saturated rings. The molecule has 0 spiro atoms. The first-order valence-electron chi connectivity index (χ1n) is 8.99. The van der Waals surface area contributed by atoms with Gasteiger partial charge < -0.3 is 24.3 Å². The number of anilines is 1. The fourth-order valence-electron chi connectivity index (χ4n) is 2.96. The largest absolute Gasteiger partial charge is 0.493 e. The van der Waals surface area contributed by atoms with Gasteiger partial charge in [-0.1, -0.05) is 35.3 Å². The molecule has 0 saturated heterocycles. The number of hydrogen-bond acceptors (Lipinski definition) is 5. The normalized spacial score (nSPS) is 12.0. The third-order valence-corrected chi connectivity index (χ3v) is 4.99. The summed E-state index contributed by atoms with van der Waals surface area (Å²) in [6.07, 6.45) is 0. The molecule has 0 aromatic heterocycles. The van der Waals surface area contributed by atoms with E-state index < -0.39 is 0 Å². The first kappa shape index (κ1) is 19.6. The third kappa shape index (κ3) is 4.63.